The topological polar surface area (TPSA) is 110 Å². The molecule has 3 aromatic carbocycles. The number of anilines is 2. The van der Waals surface area contributed by atoms with Crippen LogP contribution < -0.4 is 19.7 Å². The quantitative estimate of drug-likeness (QED) is 0.621. The van der Waals surface area contributed by atoms with Crippen molar-refractivity contribution in [1.29, 1.82) is 0 Å². The zero-order chi connectivity index (χ0) is 23.9. The average Bonchev–Trinajstić information content (AvgIpc) is 2.87. The van der Waals surface area contributed by atoms with Crippen LogP contribution in [-0.4, -0.2) is 39.4 Å². The van der Waals surface area contributed by atoms with Crippen molar-refractivity contribution in [3.05, 3.63) is 83.9 Å². The Kier molecular flexibility index (Phi) is 5.49. The lowest BCUT2D eigenvalue weighted by Crippen LogP contribution is -2.49. The Balaban J connectivity index is 1.44. The molecule has 1 atom stereocenters. The Hall–Kier alpha value is -3.85. The first-order valence-electron chi connectivity index (χ1n) is 10.9. The lowest BCUT2D eigenvalue weighted by Gasteiger charge is -2.33. The van der Waals surface area contributed by atoms with Gasteiger partial charge in [-0.05, 0) is 60.9 Å². The third kappa shape index (κ3) is 3.77. The third-order valence-electron chi connectivity index (χ3n) is 6.09. The molecule has 0 radical (unpaired) electrons. The van der Waals surface area contributed by atoms with Crippen LogP contribution in [0.1, 0.15) is 22.3 Å². The van der Waals surface area contributed by atoms with E-state index in [0.717, 1.165) is 18.4 Å². The summed E-state index contributed by atoms with van der Waals surface area (Å²) in [6, 6.07) is 20.2. The van der Waals surface area contributed by atoms with Gasteiger partial charge in [0.1, 0.15) is 5.75 Å². The fourth-order valence-electron chi connectivity index (χ4n) is 4.38. The van der Waals surface area contributed by atoms with Crippen molar-refractivity contribution in [2.45, 2.75) is 23.8 Å². The van der Waals surface area contributed by atoms with Gasteiger partial charge in [-0.2, -0.15) is 0 Å². The van der Waals surface area contributed by atoms with Crippen LogP contribution in [0.3, 0.4) is 0 Å². The number of hydrogen-bond donors (Lipinski definition) is 1. The molecule has 0 fully saturated rings. The van der Waals surface area contributed by atoms with Crippen molar-refractivity contribution in [1.82, 2.24) is 0 Å². The van der Waals surface area contributed by atoms with E-state index in [1.165, 1.54) is 33.5 Å². The number of amides is 2. The summed E-state index contributed by atoms with van der Waals surface area (Å²) < 4.78 is 33.8. The molecule has 3 aromatic rings. The molecular weight excluding hydrogens is 454 g/mol. The molecular formula is C25H23N3O5S. The number of carbonyl (C=O) groups excluding carboxylic acids is 2. The fraction of sp³-hybridized carbons (Fsp3) is 0.200. The van der Waals surface area contributed by atoms with Crippen LogP contribution in [0.2, 0.25) is 0 Å². The maximum absolute atomic E-state index is 13.4. The summed E-state index contributed by atoms with van der Waals surface area (Å²) in [5.41, 5.74) is 7.92. The number of aryl methyl sites for hydroxylation is 1. The molecule has 2 N–H and O–H groups in total. The number of nitrogens with two attached hydrogens (primary N) is 1. The number of ether oxygens (including phenoxy) is 1. The highest BCUT2D eigenvalue weighted by Gasteiger charge is 2.34. The first-order chi connectivity index (χ1) is 16.4. The number of benzene rings is 3. The zero-order valence-electron chi connectivity index (χ0n) is 18.3. The number of hydrogen-bond acceptors (Lipinski definition) is 5. The minimum absolute atomic E-state index is 0.0320. The molecule has 2 heterocycles. The monoisotopic (exact) mass is 477 g/mol. The minimum Gasteiger partial charge on any atom is -0.477 e. The van der Waals surface area contributed by atoms with E-state index < -0.39 is 22.0 Å². The van der Waals surface area contributed by atoms with Gasteiger partial charge in [0.25, 0.3) is 21.8 Å². The van der Waals surface area contributed by atoms with E-state index in [0.29, 0.717) is 23.7 Å². The van der Waals surface area contributed by atoms with E-state index in [9.17, 15) is 18.0 Å². The molecule has 5 rings (SSSR count). The molecule has 0 saturated heterocycles. The van der Waals surface area contributed by atoms with Gasteiger partial charge in [0.15, 0.2) is 6.10 Å². The molecule has 0 spiro atoms. The third-order valence-corrected chi connectivity index (χ3v) is 7.92. The summed E-state index contributed by atoms with van der Waals surface area (Å²) in [4.78, 5) is 26.6. The molecule has 2 aliphatic heterocycles. The number of rotatable bonds is 4. The van der Waals surface area contributed by atoms with Crippen molar-refractivity contribution in [2.75, 3.05) is 22.3 Å². The Labute approximate surface area is 197 Å². The summed E-state index contributed by atoms with van der Waals surface area (Å²) in [6.07, 6.45) is 0.602. The minimum atomic E-state index is -3.78. The number of fused-ring (bicyclic) bond motifs is 2. The second-order valence-corrected chi connectivity index (χ2v) is 10.1. The molecule has 174 valence electrons. The van der Waals surface area contributed by atoms with E-state index in [1.54, 1.807) is 24.3 Å². The van der Waals surface area contributed by atoms with Crippen LogP contribution in [0, 0.1) is 0 Å². The van der Waals surface area contributed by atoms with Gasteiger partial charge in [-0.3, -0.25) is 13.9 Å². The van der Waals surface area contributed by atoms with Crippen LogP contribution >= 0.6 is 0 Å². The lowest BCUT2D eigenvalue weighted by molar-refractivity contribution is -0.124. The van der Waals surface area contributed by atoms with Gasteiger partial charge in [-0.1, -0.05) is 30.3 Å². The SMILES string of the molecule is NC(=O)[C@@H]1CN(C(=O)c2ccc(S(=O)(=O)N3CCCc4ccccc43)cc2)c2ccccc2O1. The molecule has 34 heavy (non-hydrogen) atoms. The van der Waals surface area contributed by atoms with Gasteiger partial charge in [0.05, 0.1) is 22.8 Å². The van der Waals surface area contributed by atoms with Crippen LogP contribution in [0.15, 0.2) is 77.7 Å². The molecule has 9 heteroatoms. The van der Waals surface area contributed by atoms with Gasteiger partial charge < -0.3 is 15.4 Å². The van der Waals surface area contributed by atoms with Crippen LogP contribution in [0.5, 0.6) is 5.75 Å². The van der Waals surface area contributed by atoms with Crippen molar-refractivity contribution in [3.63, 3.8) is 0 Å². The first-order valence-corrected chi connectivity index (χ1v) is 12.4. The molecule has 0 aromatic heterocycles. The second kappa shape index (κ2) is 8.49. The first kappa shape index (κ1) is 22.0. The van der Waals surface area contributed by atoms with Crippen molar-refractivity contribution >= 4 is 33.2 Å². The van der Waals surface area contributed by atoms with Gasteiger partial charge in [0.2, 0.25) is 0 Å². The molecule has 2 amide bonds. The summed E-state index contributed by atoms with van der Waals surface area (Å²) in [6.45, 7) is 0.370. The summed E-state index contributed by atoms with van der Waals surface area (Å²) in [5.74, 6) is -0.668. The molecule has 0 bridgehead atoms. The maximum Gasteiger partial charge on any atom is 0.264 e. The number of para-hydroxylation sites is 3. The van der Waals surface area contributed by atoms with E-state index in [4.69, 9.17) is 10.5 Å². The van der Waals surface area contributed by atoms with E-state index in [1.807, 2.05) is 24.3 Å². The normalized spacial score (nSPS) is 17.4. The highest BCUT2D eigenvalue weighted by Crippen LogP contribution is 2.35. The highest BCUT2D eigenvalue weighted by molar-refractivity contribution is 7.92. The molecule has 0 saturated carbocycles. The van der Waals surface area contributed by atoms with Gasteiger partial charge in [-0.15, -0.1) is 0 Å². The second-order valence-electron chi connectivity index (χ2n) is 8.23. The molecule has 2 aliphatic rings. The molecule has 0 unspecified atom stereocenters. The number of sulfonamides is 1. The predicted molar refractivity (Wildman–Crippen MR) is 127 cm³/mol. The van der Waals surface area contributed by atoms with Crippen molar-refractivity contribution in [3.8, 4) is 5.75 Å². The lowest BCUT2D eigenvalue weighted by atomic mass is 10.0. The van der Waals surface area contributed by atoms with E-state index >= 15 is 0 Å². The Morgan fingerprint density at radius 2 is 1.59 bits per heavy atom. The highest BCUT2D eigenvalue weighted by atomic mass is 32.2. The van der Waals surface area contributed by atoms with E-state index in [2.05, 4.69) is 0 Å². The molecule has 8 nitrogen and oxygen atoms in total. The Morgan fingerprint density at radius 3 is 2.32 bits per heavy atom. The van der Waals surface area contributed by atoms with Gasteiger partial charge in [0, 0.05) is 12.1 Å². The Morgan fingerprint density at radius 1 is 0.912 bits per heavy atom. The smallest absolute Gasteiger partial charge is 0.264 e. The van der Waals surface area contributed by atoms with Gasteiger partial charge in [-0.25, -0.2) is 8.42 Å². The largest absolute Gasteiger partial charge is 0.477 e. The maximum atomic E-state index is 13.4. The molecule has 0 aliphatic carbocycles. The standard InChI is InChI=1S/C25H23N3O5S/c26-24(29)23-16-27(21-9-3-4-10-22(21)33-23)25(30)18-11-13-19(14-12-18)34(31,32)28-15-5-7-17-6-1-2-8-20(17)28/h1-4,6,8-14,23H,5,7,15-16H2,(H2,26,29)/t23-/m0/s1. The number of nitrogens with zero attached hydrogens (tertiary/aromatic N) is 2. The zero-order valence-corrected chi connectivity index (χ0v) is 19.1. The summed E-state index contributed by atoms with van der Waals surface area (Å²) in [7, 11) is -3.78. The fourth-order valence-corrected chi connectivity index (χ4v) is 5.92. The summed E-state index contributed by atoms with van der Waals surface area (Å²) in [5, 5.41) is 0. The van der Waals surface area contributed by atoms with Crippen molar-refractivity contribution < 1.29 is 22.7 Å². The predicted octanol–water partition coefficient (Wildman–Crippen LogP) is 2.72. The number of primary amides is 1. The van der Waals surface area contributed by atoms with Crippen LogP contribution in [0.4, 0.5) is 11.4 Å². The summed E-state index contributed by atoms with van der Waals surface area (Å²) >= 11 is 0. The average molecular weight is 478 g/mol. The van der Waals surface area contributed by atoms with E-state index in [-0.39, 0.29) is 22.9 Å². The van der Waals surface area contributed by atoms with Gasteiger partial charge >= 0.3 is 0 Å². The van der Waals surface area contributed by atoms with Crippen LogP contribution in [-0.2, 0) is 21.2 Å². The number of carbonyl (C=O) groups is 2. The van der Waals surface area contributed by atoms with Crippen molar-refractivity contribution in [2.24, 2.45) is 5.73 Å². The van der Waals surface area contributed by atoms with Crippen LogP contribution in [0.25, 0.3) is 0 Å². The Bertz CT molecular complexity index is 1370.